The van der Waals surface area contributed by atoms with Crippen LogP contribution in [0.3, 0.4) is 0 Å². The van der Waals surface area contributed by atoms with Crippen molar-refractivity contribution in [3.63, 3.8) is 0 Å². The molecule has 37 heavy (non-hydrogen) atoms. The minimum absolute atomic E-state index is 0.0448. The molecule has 0 atom stereocenters. The molecule has 0 bridgehead atoms. The van der Waals surface area contributed by atoms with E-state index in [9.17, 15) is 14.7 Å². The summed E-state index contributed by atoms with van der Waals surface area (Å²) in [7, 11) is 0. The number of halogens is 2. The fourth-order valence-electron chi connectivity index (χ4n) is 3.29. The Morgan fingerprint density at radius 3 is 2.59 bits per heavy atom. The van der Waals surface area contributed by atoms with Crippen LogP contribution in [0.15, 0.2) is 47.3 Å². The molecule has 190 valence electrons. The predicted molar refractivity (Wildman–Crippen MR) is 137 cm³/mol. The predicted octanol–water partition coefficient (Wildman–Crippen LogP) is 4.69. The zero-order valence-corrected chi connectivity index (χ0v) is 20.6. The van der Waals surface area contributed by atoms with Gasteiger partial charge in [0.2, 0.25) is 5.89 Å². The first-order valence-corrected chi connectivity index (χ1v) is 11.4. The number of hydrogen-bond donors (Lipinski definition) is 5. The second kappa shape index (κ2) is 11.1. The van der Waals surface area contributed by atoms with Gasteiger partial charge in [0.05, 0.1) is 23.5 Å². The van der Waals surface area contributed by atoms with Gasteiger partial charge in [0.25, 0.3) is 0 Å². The molecule has 0 aliphatic carbocycles. The van der Waals surface area contributed by atoms with Crippen LogP contribution in [-0.2, 0) is 11.3 Å². The molecule has 1 aromatic carbocycles. The van der Waals surface area contributed by atoms with Crippen LogP contribution in [0.5, 0.6) is 0 Å². The Hall–Kier alpha value is -4.42. The van der Waals surface area contributed by atoms with Gasteiger partial charge in [0.1, 0.15) is 23.6 Å². The quantitative estimate of drug-likeness (QED) is 0.186. The van der Waals surface area contributed by atoms with E-state index < -0.39 is 18.5 Å². The number of hydrogen-bond acceptors (Lipinski definition) is 10. The molecule has 0 fully saturated rings. The van der Waals surface area contributed by atoms with Crippen LogP contribution in [0.4, 0.5) is 23.0 Å². The first-order valence-electron chi connectivity index (χ1n) is 10.6. The Balaban J connectivity index is 1.66. The van der Waals surface area contributed by atoms with Crippen molar-refractivity contribution in [2.24, 2.45) is 0 Å². The number of carboxylic acids is 2. The second-order valence-electron chi connectivity index (χ2n) is 7.54. The summed E-state index contributed by atoms with van der Waals surface area (Å²) in [5.74, 6) is -0.943. The monoisotopic (exact) mass is 543 g/mol. The van der Waals surface area contributed by atoms with Crippen molar-refractivity contribution in [1.29, 1.82) is 0 Å². The third-order valence-corrected chi connectivity index (χ3v) is 5.46. The number of carboxylic acid groups (broad SMARTS) is 2. The van der Waals surface area contributed by atoms with Gasteiger partial charge in [-0.05, 0) is 31.2 Å². The minimum atomic E-state index is -1.19. The fraction of sp³-hybridized carbons (Fsp3) is 0.130. The van der Waals surface area contributed by atoms with Gasteiger partial charge in [-0.25, -0.2) is 19.7 Å². The highest BCUT2D eigenvalue weighted by atomic mass is 35.5. The first kappa shape index (κ1) is 25.7. The first-order chi connectivity index (χ1) is 17.7. The van der Waals surface area contributed by atoms with Gasteiger partial charge in [0.15, 0.2) is 17.4 Å². The highest BCUT2D eigenvalue weighted by Crippen LogP contribution is 2.33. The Kier molecular flexibility index (Phi) is 7.70. The van der Waals surface area contributed by atoms with Crippen LogP contribution in [0, 0.1) is 6.92 Å². The normalized spacial score (nSPS) is 10.7. The zero-order chi connectivity index (χ0) is 26.5. The van der Waals surface area contributed by atoms with E-state index in [1.54, 1.807) is 25.1 Å². The average molecular weight is 544 g/mol. The molecule has 0 aliphatic heterocycles. The summed E-state index contributed by atoms with van der Waals surface area (Å²) in [6, 6.07) is 6.43. The molecule has 0 spiro atoms. The molecule has 4 rings (SSSR count). The third kappa shape index (κ3) is 6.23. The number of aliphatic carboxylic acids is 1. The van der Waals surface area contributed by atoms with Crippen molar-refractivity contribution in [2.75, 3.05) is 22.5 Å². The molecule has 0 radical (unpaired) electrons. The third-order valence-electron chi connectivity index (χ3n) is 4.90. The summed E-state index contributed by atoms with van der Waals surface area (Å²) in [5, 5.41) is 28.4. The summed E-state index contributed by atoms with van der Waals surface area (Å²) in [6.07, 6.45) is 4.12. The lowest BCUT2D eigenvalue weighted by atomic mass is 10.2. The van der Waals surface area contributed by atoms with Crippen molar-refractivity contribution >= 4 is 58.2 Å². The zero-order valence-electron chi connectivity index (χ0n) is 19.1. The lowest BCUT2D eigenvalue weighted by molar-refractivity contribution is -0.134. The molecule has 12 nitrogen and oxygen atoms in total. The maximum absolute atomic E-state index is 11.6. The van der Waals surface area contributed by atoms with Crippen molar-refractivity contribution in [3.05, 3.63) is 70.2 Å². The standard InChI is InChI=1S/C23H19Cl2N7O5/c1-11-30-21(29-10-19(33)34)20(22(31-11)32-16-4-5-26-7-14(16)23(35)36)28-9-18-27-8-17(37-18)13-6-12(24)2-3-15(13)25/h2-8,28H,9-10H2,1H3,(H,33,34)(H,35,36)(H2,26,29,30,31,32). The van der Waals surface area contributed by atoms with Crippen LogP contribution in [0.2, 0.25) is 10.0 Å². The van der Waals surface area contributed by atoms with Crippen LogP contribution in [0.25, 0.3) is 11.3 Å². The van der Waals surface area contributed by atoms with Gasteiger partial charge in [-0.15, -0.1) is 0 Å². The maximum atomic E-state index is 11.6. The Morgan fingerprint density at radius 2 is 1.84 bits per heavy atom. The molecular weight excluding hydrogens is 525 g/mol. The van der Waals surface area contributed by atoms with E-state index in [0.717, 1.165) is 0 Å². The molecule has 0 unspecified atom stereocenters. The number of benzene rings is 1. The molecule has 14 heteroatoms. The van der Waals surface area contributed by atoms with E-state index in [2.05, 4.69) is 35.9 Å². The largest absolute Gasteiger partial charge is 0.480 e. The van der Waals surface area contributed by atoms with Crippen LogP contribution < -0.4 is 16.0 Å². The average Bonchev–Trinajstić information content (AvgIpc) is 3.32. The van der Waals surface area contributed by atoms with Gasteiger partial charge < -0.3 is 30.6 Å². The Morgan fingerprint density at radius 1 is 1.05 bits per heavy atom. The minimum Gasteiger partial charge on any atom is -0.480 e. The smallest absolute Gasteiger partial charge is 0.339 e. The summed E-state index contributed by atoms with van der Waals surface area (Å²) in [4.78, 5) is 39.6. The molecular formula is C23H19Cl2N7O5. The lowest BCUT2D eigenvalue weighted by Gasteiger charge is -2.17. The van der Waals surface area contributed by atoms with E-state index in [4.69, 9.17) is 32.7 Å². The number of anilines is 4. The topological polar surface area (TPSA) is 175 Å². The summed E-state index contributed by atoms with van der Waals surface area (Å²) >= 11 is 12.3. The summed E-state index contributed by atoms with van der Waals surface area (Å²) in [6.45, 7) is 1.24. The van der Waals surface area contributed by atoms with Gasteiger partial charge in [-0.3, -0.25) is 9.78 Å². The molecule has 0 saturated heterocycles. The van der Waals surface area contributed by atoms with Crippen LogP contribution in [0.1, 0.15) is 22.1 Å². The highest BCUT2D eigenvalue weighted by molar-refractivity contribution is 6.35. The highest BCUT2D eigenvalue weighted by Gasteiger charge is 2.19. The number of carbonyl (C=O) groups is 2. The number of aryl methyl sites for hydroxylation is 1. The summed E-state index contributed by atoms with van der Waals surface area (Å²) < 4.78 is 5.82. The molecule has 5 N–H and O–H groups in total. The Bertz CT molecular complexity index is 1480. The summed E-state index contributed by atoms with van der Waals surface area (Å²) in [5.41, 5.74) is 0.972. The molecule has 0 amide bonds. The molecule has 0 aliphatic rings. The Labute approximate surface area is 219 Å². The van der Waals surface area contributed by atoms with E-state index in [1.165, 1.54) is 24.7 Å². The number of aromatic carboxylic acids is 1. The van der Waals surface area contributed by atoms with Crippen molar-refractivity contribution in [2.45, 2.75) is 13.5 Å². The molecule has 0 saturated carbocycles. The van der Waals surface area contributed by atoms with Gasteiger partial charge in [-0.1, -0.05) is 23.2 Å². The van der Waals surface area contributed by atoms with E-state index in [0.29, 0.717) is 27.2 Å². The van der Waals surface area contributed by atoms with Gasteiger partial charge in [0, 0.05) is 23.0 Å². The lowest BCUT2D eigenvalue weighted by Crippen LogP contribution is -2.17. The fourth-order valence-corrected chi connectivity index (χ4v) is 3.67. The molecule has 4 aromatic rings. The van der Waals surface area contributed by atoms with Crippen molar-refractivity contribution < 1.29 is 24.2 Å². The number of nitrogens with zero attached hydrogens (tertiary/aromatic N) is 4. The number of rotatable bonds is 10. The molecule has 3 heterocycles. The second-order valence-corrected chi connectivity index (χ2v) is 8.38. The number of nitrogens with one attached hydrogen (secondary N) is 3. The van der Waals surface area contributed by atoms with E-state index >= 15 is 0 Å². The van der Waals surface area contributed by atoms with Crippen molar-refractivity contribution in [1.82, 2.24) is 19.9 Å². The SMILES string of the molecule is Cc1nc(NCC(=O)O)c(NCc2ncc(-c3cc(Cl)ccc3Cl)o2)c(Nc2ccncc2C(=O)O)n1. The van der Waals surface area contributed by atoms with Gasteiger partial charge >= 0.3 is 11.9 Å². The van der Waals surface area contributed by atoms with Crippen LogP contribution >= 0.6 is 23.2 Å². The number of aromatic nitrogens is 4. The molecule has 3 aromatic heterocycles. The van der Waals surface area contributed by atoms with E-state index in [-0.39, 0.29) is 41.0 Å². The van der Waals surface area contributed by atoms with Crippen LogP contribution in [-0.4, -0.2) is 48.6 Å². The maximum Gasteiger partial charge on any atom is 0.339 e. The van der Waals surface area contributed by atoms with Crippen molar-refractivity contribution in [3.8, 4) is 11.3 Å². The van der Waals surface area contributed by atoms with Gasteiger partial charge in [-0.2, -0.15) is 0 Å². The van der Waals surface area contributed by atoms with E-state index in [1.807, 2.05) is 0 Å². The number of oxazole rings is 1. The number of pyridine rings is 1.